The van der Waals surface area contributed by atoms with Crippen LogP contribution in [-0.4, -0.2) is 24.2 Å². The van der Waals surface area contributed by atoms with Gasteiger partial charge in [0.1, 0.15) is 0 Å². The molecule has 0 radical (unpaired) electrons. The lowest BCUT2D eigenvalue weighted by Gasteiger charge is -2.22. The van der Waals surface area contributed by atoms with Gasteiger partial charge in [-0.15, -0.1) is 0 Å². The third-order valence-electron chi connectivity index (χ3n) is 3.14. The second-order valence-electron chi connectivity index (χ2n) is 4.89. The Balaban J connectivity index is 2.79. The molecule has 0 spiro atoms. The highest BCUT2D eigenvalue weighted by atomic mass is 35.5. The highest BCUT2D eigenvalue weighted by Crippen LogP contribution is 2.26. The second-order valence-corrected chi connectivity index (χ2v) is 5.29. The minimum absolute atomic E-state index is 0.0453. The maximum absolute atomic E-state index is 11.0. The standard InChI is InChI=1S/C14H21ClN2O3/c1-4-20-9-13(10(2)3)16-8-11-12(15)6-5-7-14(11)17(18)19/h5-7,10,13,16H,4,8-9H2,1-3H3. The molecule has 0 fully saturated rings. The van der Waals surface area contributed by atoms with E-state index in [0.29, 0.717) is 36.3 Å². The summed E-state index contributed by atoms with van der Waals surface area (Å²) in [5, 5.41) is 14.7. The fraction of sp³-hybridized carbons (Fsp3) is 0.571. The Kier molecular flexibility index (Phi) is 6.91. The molecule has 1 atom stereocenters. The Morgan fingerprint density at radius 3 is 2.70 bits per heavy atom. The molecular formula is C14H21ClN2O3. The first kappa shape index (κ1) is 16.9. The summed E-state index contributed by atoms with van der Waals surface area (Å²) >= 11 is 6.07. The van der Waals surface area contributed by atoms with E-state index >= 15 is 0 Å². The highest BCUT2D eigenvalue weighted by Gasteiger charge is 2.19. The van der Waals surface area contributed by atoms with Crippen molar-refractivity contribution >= 4 is 17.3 Å². The quantitative estimate of drug-likeness (QED) is 0.590. The molecule has 1 unspecified atom stereocenters. The molecule has 0 saturated heterocycles. The van der Waals surface area contributed by atoms with Crippen LogP contribution in [0.3, 0.4) is 0 Å². The number of rotatable bonds is 8. The number of nitrogens with one attached hydrogen (secondary N) is 1. The van der Waals surface area contributed by atoms with Gasteiger partial charge in [0.05, 0.1) is 22.1 Å². The van der Waals surface area contributed by atoms with Gasteiger partial charge in [0, 0.05) is 25.3 Å². The average Bonchev–Trinajstić information content (AvgIpc) is 2.39. The van der Waals surface area contributed by atoms with E-state index in [-0.39, 0.29) is 11.7 Å². The summed E-state index contributed by atoms with van der Waals surface area (Å²) < 4.78 is 5.42. The number of benzene rings is 1. The van der Waals surface area contributed by atoms with Crippen molar-refractivity contribution in [2.24, 2.45) is 5.92 Å². The van der Waals surface area contributed by atoms with Gasteiger partial charge in [0.2, 0.25) is 0 Å². The largest absolute Gasteiger partial charge is 0.380 e. The van der Waals surface area contributed by atoms with Crippen LogP contribution < -0.4 is 5.32 Å². The molecule has 0 heterocycles. The zero-order valence-electron chi connectivity index (χ0n) is 12.1. The lowest BCUT2D eigenvalue weighted by atomic mass is 10.0. The number of halogens is 1. The predicted octanol–water partition coefficient (Wildman–Crippen LogP) is 3.40. The first-order chi connectivity index (χ1) is 9.47. The van der Waals surface area contributed by atoms with Gasteiger partial charge in [-0.3, -0.25) is 10.1 Å². The molecule has 1 N–H and O–H groups in total. The predicted molar refractivity (Wildman–Crippen MR) is 80.1 cm³/mol. The van der Waals surface area contributed by atoms with Gasteiger partial charge in [0.15, 0.2) is 0 Å². The summed E-state index contributed by atoms with van der Waals surface area (Å²) in [5.41, 5.74) is 0.560. The minimum atomic E-state index is -0.407. The molecule has 0 amide bonds. The monoisotopic (exact) mass is 300 g/mol. The lowest BCUT2D eigenvalue weighted by Crippen LogP contribution is -2.37. The second kappa shape index (κ2) is 8.19. The summed E-state index contributed by atoms with van der Waals surface area (Å²) in [6.45, 7) is 7.68. The highest BCUT2D eigenvalue weighted by molar-refractivity contribution is 6.31. The zero-order chi connectivity index (χ0) is 15.1. The van der Waals surface area contributed by atoms with Gasteiger partial charge in [-0.05, 0) is 18.9 Å². The summed E-state index contributed by atoms with van der Waals surface area (Å²) in [5.74, 6) is 0.364. The molecule has 0 aliphatic heterocycles. The molecule has 1 aromatic rings. The van der Waals surface area contributed by atoms with Crippen molar-refractivity contribution in [3.8, 4) is 0 Å². The maximum Gasteiger partial charge on any atom is 0.275 e. The van der Waals surface area contributed by atoms with E-state index in [1.54, 1.807) is 12.1 Å². The van der Waals surface area contributed by atoms with Gasteiger partial charge in [-0.25, -0.2) is 0 Å². The number of hydrogen-bond acceptors (Lipinski definition) is 4. The molecular weight excluding hydrogens is 280 g/mol. The Morgan fingerprint density at radius 2 is 2.15 bits per heavy atom. The lowest BCUT2D eigenvalue weighted by molar-refractivity contribution is -0.385. The maximum atomic E-state index is 11.0. The van der Waals surface area contributed by atoms with Crippen LogP contribution in [0.5, 0.6) is 0 Å². The molecule has 1 aromatic carbocycles. The van der Waals surface area contributed by atoms with Crippen molar-refractivity contribution in [2.75, 3.05) is 13.2 Å². The van der Waals surface area contributed by atoms with E-state index in [9.17, 15) is 10.1 Å². The third-order valence-corrected chi connectivity index (χ3v) is 3.49. The fourth-order valence-corrected chi connectivity index (χ4v) is 2.09. The van der Waals surface area contributed by atoms with E-state index in [4.69, 9.17) is 16.3 Å². The van der Waals surface area contributed by atoms with Crippen LogP contribution in [0.2, 0.25) is 5.02 Å². The summed E-state index contributed by atoms with van der Waals surface area (Å²) in [6.07, 6.45) is 0. The van der Waals surface area contributed by atoms with E-state index < -0.39 is 4.92 Å². The van der Waals surface area contributed by atoms with Crippen molar-refractivity contribution in [1.82, 2.24) is 5.32 Å². The molecule has 1 rings (SSSR count). The fourth-order valence-electron chi connectivity index (χ4n) is 1.86. The molecule has 0 aromatic heterocycles. The first-order valence-electron chi connectivity index (χ1n) is 6.70. The smallest absolute Gasteiger partial charge is 0.275 e. The van der Waals surface area contributed by atoms with Crippen LogP contribution in [0.25, 0.3) is 0 Å². The molecule has 0 aliphatic rings. The topological polar surface area (TPSA) is 64.4 Å². The van der Waals surface area contributed by atoms with Gasteiger partial charge >= 0.3 is 0 Å². The SMILES string of the molecule is CCOCC(NCc1c(Cl)cccc1[N+](=O)[O-])C(C)C. The number of nitrogens with zero attached hydrogens (tertiary/aromatic N) is 1. The molecule has 5 nitrogen and oxygen atoms in total. The van der Waals surface area contributed by atoms with Crippen molar-refractivity contribution in [1.29, 1.82) is 0 Å². The normalized spacial score (nSPS) is 12.7. The Morgan fingerprint density at radius 1 is 1.45 bits per heavy atom. The average molecular weight is 301 g/mol. The molecule has 0 saturated carbocycles. The van der Waals surface area contributed by atoms with Crippen LogP contribution in [-0.2, 0) is 11.3 Å². The number of ether oxygens (including phenoxy) is 1. The summed E-state index contributed by atoms with van der Waals surface area (Å²) in [7, 11) is 0. The van der Waals surface area contributed by atoms with E-state index in [0.717, 1.165) is 0 Å². The van der Waals surface area contributed by atoms with Crippen LogP contribution >= 0.6 is 11.6 Å². The molecule has 6 heteroatoms. The van der Waals surface area contributed by atoms with Crippen LogP contribution in [0.1, 0.15) is 26.3 Å². The van der Waals surface area contributed by atoms with Crippen LogP contribution in [0.15, 0.2) is 18.2 Å². The van der Waals surface area contributed by atoms with Crippen molar-refractivity contribution in [2.45, 2.75) is 33.4 Å². The number of nitro groups is 1. The van der Waals surface area contributed by atoms with Crippen LogP contribution in [0, 0.1) is 16.0 Å². The van der Waals surface area contributed by atoms with Gasteiger partial charge in [0.25, 0.3) is 5.69 Å². The van der Waals surface area contributed by atoms with Crippen LogP contribution in [0.4, 0.5) is 5.69 Å². The Hall–Kier alpha value is -1.17. The molecule has 20 heavy (non-hydrogen) atoms. The Labute approximate surface area is 124 Å². The molecule has 0 bridgehead atoms. The summed E-state index contributed by atoms with van der Waals surface area (Å²) in [4.78, 5) is 10.6. The third kappa shape index (κ3) is 4.74. The van der Waals surface area contributed by atoms with Crippen molar-refractivity contribution < 1.29 is 9.66 Å². The first-order valence-corrected chi connectivity index (χ1v) is 7.08. The van der Waals surface area contributed by atoms with Crippen molar-refractivity contribution in [3.05, 3.63) is 38.9 Å². The summed E-state index contributed by atoms with van der Waals surface area (Å²) in [6, 6.07) is 4.85. The van der Waals surface area contributed by atoms with E-state index in [1.165, 1.54) is 6.07 Å². The zero-order valence-corrected chi connectivity index (χ0v) is 12.8. The van der Waals surface area contributed by atoms with Gasteiger partial charge in [-0.1, -0.05) is 31.5 Å². The van der Waals surface area contributed by atoms with Gasteiger partial charge in [-0.2, -0.15) is 0 Å². The minimum Gasteiger partial charge on any atom is -0.380 e. The number of hydrogen-bond donors (Lipinski definition) is 1. The van der Waals surface area contributed by atoms with Crippen molar-refractivity contribution in [3.63, 3.8) is 0 Å². The van der Waals surface area contributed by atoms with E-state index in [1.807, 2.05) is 6.92 Å². The number of nitro benzene ring substituents is 1. The molecule has 0 aliphatic carbocycles. The molecule has 112 valence electrons. The van der Waals surface area contributed by atoms with Gasteiger partial charge < -0.3 is 10.1 Å². The van der Waals surface area contributed by atoms with E-state index in [2.05, 4.69) is 19.2 Å². The Bertz CT molecular complexity index is 452.